The van der Waals surface area contributed by atoms with Crippen molar-refractivity contribution in [1.82, 2.24) is 0 Å². The predicted molar refractivity (Wildman–Crippen MR) is 113 cm³/mol. The van der Waals surface area contributed by atoms with Crippen LogP contribution in [0.25, 0.3) is 0 Å². The summed E-state index contributed by atoms with van der Waals surface area (Å²) in [5.41, 5.74) is -1.40. The third-order valence-corrected chi connectivity index (χ3v) is 8.93. The van der Waals surface area contributed by atoms with Crippen molar-refractivity contribution >= 4 is 11.6 Å². The van der Waals surface area contributed by atoms with Gasteiger partial charge in [0, 0.05) is 16.7 Å². The Morgan fingerprint density at radius 1 is 1.29 bits per heavy atom. The van der Waals surface area contributed by atoms with Gasteiger partial charge >= 0.3 is 0 Å². The second-order valence-electron chi connectivity index (χ2n) is 10.4. The summed E-state index contributed by atoms with van der Waals surface area (Å²) in [5, 5.41) is 21.4. The lowest BCUT2D eigenvalue weighted by Gasteiger charge is -2.58. The largest absolute Gasteiger partial charge is 0.393 e. The van der Waals surface area contributed by atoms with E-state index in [1.54, 1.807) is 12.2 Å². The van der Waals surface area contributed by atoms with Gasteiger partial charge in [0.1, 0.15) is 6.61 Å². The molecule has 0 aromatic rings. The van der Waals surface area contributed by atoms with E-state index in [1.165, 1.54) is 0 Å². The third kappa shape index (κ3) is 2.59. The van der Waals surface area contributed by atoms with E-state index in [0.29, 0.717) is 19.3 Å². The molecule has 0 radical (unpaired) electrons. The van der Waals surface area contributed by atoms with E-state index in [0.717, 1.165) is 12.0 Å². The molecule has 5 aliphatic rings. The zero-order chi connectivity index (χ0) is 22.2. The molecule has 2 N–H and O–H groups in total. The van der Waals surface area contributed by atoms with Gasteiger partial charge in [0.2, 0.25) is 0 Å². The third-order valence-electron chi connectivity index (χ3n) is 8.93. The Hall–Kier alpha value is -1.60. The van der Waals surface area contributed by atoms with Crippen LogP contribution in [-0.2, 0) is 19.1 Å². The number of hydrogen-bond acceptors (Lipinski definition) is 6. The van der Waals surface area contributed by atoms with E-state index in [-0.39, 0.29) is 29.3 Å². The minimum absolute atomic E-state index is 0.0135. The van der Waals surface area contributed by atoms with Gasteiger partial charge < -0.3 is 19.7 Å². The van der Waals surface area contributed by atoms with Crippen molar-refractivity contribution in [1.29, 1.82) is 0 Å². The molecule has 1 heterocycles. The molecule has 0 aromatic heterocycles. The van der Waals surface area contributed by atoms with Crippen molar-refractivity contribution in [3.8, 4) is 0 Å². The Morgan fingerprint density at radius 3 is 2.77 bits per heavy atom. The summed E-state index contributed by atoms with van der Waals surface area (Å²) in [4.78, 5) is 25.2. The molecule has 6 nitrogen and oxygen atoms in total. The number of carbonyl (C=O) groups excluding carboxylic acids is 2. The van der Waals surface area contributed by atoms with E-state index in [4.69, 9.17) is 9.47 Å². The first-order valence-corrected chi connectivity index (χ1v) is 11.5. The Bertz CT molecular complexity index is 904. The van der Waals surface area contributed by atoms with Crippen LogP contribution >= 0.6 is 0 Å². The van der Waals surface area contributed by atoms with E-state index in [2.05, 4.69) is 13.0 Å². The number of ether oxygens (including phenoxy) is 2. The molecule has 0 aromatic carbocycles. The molecule has 4 aliphatic carbocycles. The summed E-state index contributed by atoms with van der Waals surface area (Å²) < 4.78 is 12.6. The maximum Gasteiger partial charge on any atom is 0.193 e. The summed E-state index contributed by atoms with van der Waals surface area (Å²) in [6, 6.07) is 0. The predicted octanol–water partition coefficient (Wildman–Crippen LogP) is 2.49. The highest BCUT2D eigenvalue weighted by Gasteiger charge is 2.75. The van der Waals surface area contributed by atoms with Gasteiger partial charge in [-0.2, -0.15) is 0 Å². The Labute approximate surface area is 183 Å². The minimum Gasteiger partial charge on any atom is -0.393 e. The van der Waals surface area contributed by atoms with Gasteiger partial charge in [-0.25, -0.2) is 0 Å². The molecule has 1 unspecified atom stereocenters. The lowest BCUT2D eigenvalue weighted by atomic mass is 9.48. The van der Waals surface area contributed by atoms with Gasteiger partial charge in [-0.15, -0.1) is 0 Å². The summed E-state index contributed by atoms with van der Waals surface area (Å²) in [6.45, 7) is 5.56. The fourth-order valence-electron chi connectivity index (χ4n) is 7.58. The number of Topliss-reactive ketones (excluding diaryl/α,β-unsaturated/α-hetero) is 1. The fraction of sp³-hybridized carbons (Fsp3) is 0.680. The first kappa shape index (κ1) is 21.3. The van der Waals surface area contributed by atoms with Crippen molar-refractivity contribution in [2.45, 2.75) is 70.6 Å². The second kappa shape index (κ2) is 6.95. The van der Waals surface area contributed by atoms with Crippen LogP contribution < -0.4 is 0 Å². The van der Waals surface area contributed by atoms with Gasteiger partial charge in [0.05, 0.1) is 12.2 Å². The van der Waals surface area contributed by atoms with Crippen molar-refractivity contribution < 1.29 is 29.3 Å². The summed E-state index contributed by atoms with van der Waals surface area (Å²) >= 11 is 0. The summed E-state index contributed by atoms with van der Waals surface area (Å²) in [7, 11) is 0. The zero-order valence-electron chi connectivity index (χ0n) is 18.4. The van der Waals surface area contributed by atoms with Gasteiger partial charge in [0.15, 0.2) is 23.5 Å². The van der Waals surface area contributed by atoms with E-state index < -0.39 is 41.5 Å². The monoisotopic (exact) mass is 428 g/mol. The van der Waals surface area contributed by atoms with Crippen LogP contribution in [0, 0.1) is 28.6 Å². The maximum atomic E-state index is 13.2. The van der Waals surface area contributed by atoms with Crippen molar-refractivity contribution in [2.24, 2.45) is 28.6 Å². The number of carbonyl (C=O) groups is 2. The molecule has 1 aliphatic heterocycles. The second-order valence-corrected chi connectivity index (χ2v) is 10.4. The highest BCUT2D eigenvalue weighted by molar-refractivity contribution is 6.01. The molecule has 2 saturated carbocycles. The molecule has 0 amide bonds. The molecule has 9 atom stereocenters. The first-order chi connectivity index (χ1) is 14.7. The molecular formula is C25H32O6. The van der Waals surface area contributed by atoms with Crippen LogP contribution in [0.2, 0.25) is 0 Å². The smallest absolute Gasteiger partial charge is 0.193 e. The Balaban J connectivity index is 1.59. The van der Waals surface area contributed by atoms with Crippen molar-refractivity contribution in [3.63, 3.8) is 0 Å². The van der Waals surface area contributed by atoms with Gasteiger partial charge in [-0.3, -0.25) is 9.59 Å². The highest BCUT2D eigenvalue weighted by atomic mass is 16.7. The standard InChI is InChI=1S/C25H32O6/c1-4-5-21-30-20-11-17-16-7-6-14-10-15(27)8-9-23(14,2)22(16)18(28)12-24(17,3)25(20,31-21)19(29)13-26/h6-10,16-18,20-22,26,28H,4-5,11-13H2,1-3H3/t16-,17-,18-,20+,21?,22+,23-,24-,25+/m0/s1. The molecule has 5 rings (SSSR count). The van der Waals surface area contributed by atoms with Gasteiger partial charge in [0.25, 0.3) is 0 Å². The number of aliphatic hydroxyl groups is 2. The van der Waals surface area contributed by atoms with Crippen LogP contribution in [0.5, 0.6) is 0 Å². The topological polar surface area (TPSA) is 93.1 Å². The summed E-state index contributed by atoms with van der Waals surface area (Å²) in [5.74, 6) is -0.402. The summed E-state index contributed by atoms with van der Waals surface area (Å²) in [6.07, 6.45) is 10.4. The van der Waals surface area contributed by atoms with Gasteiger partial charge in [-0.1, -0.05) is 45.4 Å². The van der Waals surface area contributed by atoms with Crippen LogP contribution in [0.1, 0.15) is 46.5 Å². The van der Waals surface area contributed by atoms with Crippen molar-refractivity contribution in [3.05, 3.63) is 36.0 Å². The number of fused-ring (bicyclic) bond motifs is 7. The van der Waals surface area contributed by atoms with Gasteiger partial charge in [-0.05, 0) is 48.8 Å². The zero-order valence-corrected chi connectivity index (χ0v) is 18.4. The molecule has 6 heteroatoms. The normalized spacial score (nSPS) is 49.8. The average molecular weight is 429 g/mol. The van der Waals surface area contributed by atoms with Crippen LogP contribution in [-0.4, -0.2) is 52.5 Å². The quantitative estimate of drug-likeness (QED) is 0.715. The highest BCUT2D eigenvalue weighted by Crippen LogP contribution is 2.68. The SMILES string of the molecule is CCCC1O[C@@H]2C[C@H]3[C@@H]4C=CC5=CC(=O)C=C[C@]5(C)[C@H]4[C@@H](O)C[C@]3(C)[C@]2(C(=O)CO)O1. The Kier molecular flexibility index (Phi) is 4.76. The van der Waals surface area contributed by atoms with Crippen LogP contribution in [0.3, 0.4) is 0 Å². The number of allylic oxidation sites excluding steroid dienone is 6. The molecule has 0 bridgehead atoms. The van der Waals surface area contributed by atoms with E-state index in [9.17, 15) is 19.8 Å². The molecular weight excluding hydrogens is 396 g/mol. The Morgan fingerprint density at radius 2 is 2.06 bits per heavy atom. The molecule has 168 valence electrons. The van der Waals surface area contributed by atoms with Crippen molar-refractivity contribution in [2.75, 3.05) is 6.61 Å². The number of rotatable bonds is 4. The molecule has 3 fully saturated rings. The number of hydrogen-bond donors (Lipinski definition) is 2. The van der Waals surface area contributed by atoms with E-state index in [1.807, 2.05) is 26.0 Å². The lowest BCUT2D eigenvalue weighted by molar-refractivity contribution is -0.194. The maximum absolute atomic E-state index is 13.2. The molecule has 0 spiro atoms. The average Bonchev–Trinajstić information content (AvgIpc) is 3.20. The first-order valence-electron chi connectivity index (χ1n) is 11.5. The lowest BCUT2D eigenvalue weighted by Crippen LogP contribution is -2.63. The molecule has 1 saturated heterocycles. The van der Waals surface area contributed by atoms with Crippen LogP contribution in [0.4, 0.5) is 0 Å². The molecule has 31 heavy (non-hydrogen) atoms. The number of aliphatic hydroxyl groups excluding tert-OH is 2. The van der Waals surface area contributed by atoms with Crippen LogP contribution in [0.15, 0.2) is 36.0 Å². The fourth-order valence-corrected chi connectivity index (χ4v) is 7.58. The van der Waals surface area contributed by atoms with E-state index >= 15 is 0 Å². The minimum atomic E-state index is -1.23. The number of ketones is 2.